The molecule has 1 aliphatic heterocycles. The predicted octanol–water partition coefficient (Wildman–Crippen LogP) is 4.95. The Kier molecular flexibility index (Phi) is 12.5. The second kappa shape index (κ2) is 14.0. The first kappa shape index (κ1) is 34.9. The number of benzene rings is 1. The van der Waals surface area contributed by atoms with Crippen LogP contribution in [-0.4, -0.2) is 78.5 Å². The molecule has 0 radical (unpaired) electrons. The van der Waals surface area contributed by atoms with E-state index in [4.69, 9.17) is 25.8 Å². The summed E-state index contributed by atoms with van der Waals surface area (Å²) in [6, 6.07) is 4.10. The molecular weight excluding hydrogens is 545 g/mol. The summed E-state index contributed by atoms with van der Waals surface area (Å²) in [4.78, 5) is 23.2. The molecule has 13 heteroatoms. The quantitative estimate of drug-likeness (QED) is 0.261. The van der Waals surface area contributed by atoms with Crippen molar-refractivity contribution >= 4 is 34.9 Å². The number of epoxide rings is 1. The Balaban J connectivity index is 0.000000708. The molecule has 1 saturated heterocycles. The van der Waals surface area contributed by atoms with Gasteiger partial charge in [-0.3, -0.25) is 9.59 Å². The number of halogens is 4. The lowest BCUT2D eigenvalue weighted by atomic mass is 10.0. The molecule has 0 spiro atoms. The second-order valence-electron chi connectivity index (χ2n) is 11.1. The molecule has 1 fully saturated rings. The highest BCUT2D eigenvalue weighted by Gasteiger charge is 2.60. The number of nitrogens with one attached hydrogen (secondary N) is 2. The zero-order chi connectivity index (χ0) is 30.2. The second-order valence-corrected chi connectivity index (χ2v) is 11.5. The average molecular weight is 585 g/mol. The Hall–Kier alpha value is -2.12. The fourth-order valence-corrected chi connectivity index (χ4v) is 2.86. The van der Waals surface area contributed by atoms with Gasteiger partial charge in [0.1, 0.15) is 6.10 Å². The molecule has 0 bridgehead atoms. The summed E-state index contributed by atoms with van der Waals surface area (Å²) in [6.45, 7) is 14.8. The third-order valence-corrected chi connectivity index (χ3v) is 5.21. The molecule has 1 aromatic rings. The number of hydrogen-bond donors (Lipinski definition) is 3. The monoisotopic (exact) mass is 584 g/mol. The number of carbonyl (C=O) groups excluding carboxylic acids is 2. The molecular formula is C26H40ClF3N2O7. The largest absolute Gasteiger partial charge is 0.439 e. The topological polar surface area (TPSA) is 119 Å². The normalized spacial score (nSPS) is 17.7. The zero-order valence-electron chi connectivity index (χ0n) is 23.6. The first-order chi connectivity index (χ1) is 17.6. The molecule has 0 saturated carbocycles. The summed E-state index contributed by atoms with van der Waals surface area (Å²) in [5, 5.41) is 14.8. The van der Waals surface area contributed by atoms with E-state index >= 15 is 0 Å². The molecule has 1 aromatic carbocycles. The Morgan fingerprint density at radius 1 is 1.10 bits per heavy atom. The van der Waals surface area contributed by atoms with Crippen LogP contribution < -0.4 is 10.6 Å². The van der Waals surface area contributed by atoms with Crippen molar-refractivity contribution in [1.82, 2.24) is 0 Å². The van der Waals surface area contributed by atoms with Gasteiger partial charge in [0.25, 0.3) is 11.5 Å². The number of alkyl halides is 3. The van der Waals surface area contributed by atoms with E-state index < -0.39 is 35.4 Å². The van der Waals surface area contributed by atoms with Crippen molar-refractivity contribution in [2.45, 2.75) is 90.6 Å². The van der Waals surface area contributed by atoms with Crippen LogP contribution in [0.25, 0.3) is 0 Å². The third kappa shape index (κ3) is 13.7. The zero-order valence-corrected chi connectivity index (χ0v) is 24.4. The number of amides is 1. The van der Waals surface area contributed by atoms with Crippen LogP contribution in [-0.2, 0) is 28.5 Å². The molecule has 39 heavy (non-hydrogen) atoms. The standard InChI is InChI=1S/C19H26ClF3N2O5.C7H14O2/c1-11(26)30-18(5,19(21,22)23)16(28)25-15-7-6-12(8-14(15)20)24-9-13(27)10-29-17(2,3)4;1-7(2,3)9-5-6-4-8-6/h6-8,13,24,27H,9-10H2,1-5H3,(H,25,28);6H,4-5H2,1-3H3/t13?,18-;/m1./s1. The maximum absolute atomic E-state index is 13.3. The van der Waals surface area contributed by atoms with E-state index in [2.05, 4.69) is 30.8 Å². The molecule has 1 heterocycles. The van der Waals surface area contributed by atoms with Gasteiger partial charge in [-0.05, 0) is 66.7 Å². The van der Waals surface area contributed by atoms with Crippen LogP contribution in [0.5, 0.6) is 0 Å². The number of rotatable bonds is 10. The van der Waals surface area contributed by atoms with Crippen LogP contribution in [0, 0.1) is 0 Å². The molecule has 3 N–H and O–H groups in total. The maximum atomic E-state index is 13.3. The van der Waals surface area contributed by atoms with Crippen molar-refractivity contribution in [2.24, 2.45) is 0 Å². The summed E-state index contributed by atoms with van der Waals surface area (Å²) in [6.07, 6.45) is -5.55. The van der Waals surface area contributed by atoms with Crippen molar-refractivity contribution in [1.29, 1.82) is 0 Å². The van der Waals surface area contributed by atoms with E-state index in [9.17, 15) is 27.9 Å². The average Bonchev–Trinajstić information content (AvgIpc) is 3.59. The third-order valence-electron chi connectivity index (χ3n) is 4.89. The number of aliphatic hydroxyl groups excluding tert-OH is 1. The highest BCUT2D eigenvalue weighted by Crippen LogP contribution is 2.36. The van der Waals surface area contributed by atoms with Gasteiger partial charge in [-0.1, -0.05) is 11.6 Å². The lowest BCUT2D eigenvalue weighted by molar-refractivity contribution is -0.253. The maximum Gasteiger partial charge on any atom is 0.437 e. The molecule has 1 aliphatic rings. The van der Waals surface area contributed by atoms with E-state index in [-0.39, 0.29) is 29.5 Å². The highest BCUT2D eigenvalue weighted by molar-refractivity contribution is 6.34. The Bertz CT molecular complexity index is 960. The molecule has 2 unspecified atom stereocenters. The minimum absolute atomic E-state index is 0.00799. The molecule has 3 atom stereocenters. The van der Waals surface area contributed by atoms with Gasteiger partial charge < -0.3 is 34.7 Å². The summed E-state index contributed by atoms with van der Waals surface area (Å²) >= 11 is 6.05. The molecule has 9 nitrogen and oxygen atoms in total. The first-order valence-corrected chi connectivity index (χ1v) is 12.7. The van der Waals surface area contributed by atoms with Gasteiger partial charge in [0.15, 0.2) is 0 Å². The van der Waals surface area contributed by atoms with Crippen molar-refractivity contribution in [3.05, 3.63) is 23.2 Å². The summed E-state index contributed by atoms with van der Waals surface area (Å²) in [5.74, 6) is -2.85. The Morgan fingerprint density at radius 2 is 1.67 bits per heavy atom. The van der Waals surface area contributed by atoms with Gasteiger partial charge in [0.05, 0.1) is 47.8 Å². The molecule has 1 amide bonds. The van der Waals surface area contributed by atoms with Crippen LogP contribution >= 0.6 is 11.6 Å². The molecule has 0 aromatic heterocycles. The first-order valence-electron chi connectivity index (χ1n) is 12.3. The van der Waals surface area contributed by atoms with Crippen LogP contribution in [0.2, 0.25) is 5.02 Å². The number of anilines is 2. The van der Waals surface area contributed by atoms with Crippen molar-refractivity contribution in [3.63, 3.8) is 0 Å². The number of aliphatic hydroxyl groups is 1. The van der Waals surface area contributed by atoms with Gasteiger partial charge in [-0.25, -0.2) is 0 Å². The number of carbonyl (C=O) groups is 2. The van der Waals surface area contributed by atoms with Gasteiger partial charge in [0.2, 0.25) is 0 Å². The highest BCUT2D eigenvalue weighted by atomic mass is 35.5. The van der Waals surface area contributed by atoms with Crippen LogP contribution in [0.15, 0.2) is 18.2 Å². The van der Waals surface area contributed by atoms with E-state index in [0.29, 0.717) is 18.7 Å². The number of ether oxygens (including phenoxy) is 4. The lowest BCUT2D eigenvalue weighted by Crippen LogP contribution is -2.55. The molecule has 224 valence electrons. The van der Waals surface area contributed by atoms with Gasteiger partial charge in [0, 0.05) is 19.2 Å². The predicted molar refractivity (Wildman–Crippen MR) is 142 cm³/mol. The fourth-order valence-electron chi connectivity index (χ4n) is 2.64. The van der Waals surface area contributed by atoms with Crippen LogP contribution in [0.4, 0.5) is 24.5 Å². The summed E-state index contributed by atoms with van der Waals surface area (Å²) in [5.41, 5.74) is -3.43. The Morgan fingerprint density at radius 3 is 2.10 bits per heavy atom. The summed E-state index contributed by atoms with van der Waals surface area (Å²) < 4.78 is 59.9. The number of esters is 1. The van der Waals surface area contributed by atoms with E-state index in [1.165, 1.54) is 18.2 Å². The van der Waals surface area contributed by atoms with Crippen LogP contribution in [0.1, 0.15) is 55.4 Å². The smallest absolute Gasteiger partial charge is 0.437 e. The number of hydrogen-bond acceptors (Lipinski definition) is 8. The summed E-state index contributed by atoms with van der Waals surface area (Å²) in [7, 11) is 0. The minimum atomic E-state index is -5.14. The fraction of sp³-hybridized carbons (Fsp3) is 0.692. The van der Waals surface area contributed by atoms with Crippen LogP contribution in [0.3, 0.4) is 0 Å². The van der Waals surface area contributed by atoms with Gasteiger partial charge >= 0.3 is 12.1 Å². The Labute approximate surface area is 232 Å². The SMILES string of the molecule is CC(=O)O[C@](C)(C(=O)Nc1ccc(NCC(O)COC(C)(C)C)cc1Cl)C(F)(F)F.CC(C)(C)OCC1CO1. The van der Waals surface area contributed by atoms with Crippen molar-refractivity contribution in [2.75, 3.05) is 37.0 Å². The lowest BCUT2D eigenvalue weighted by Gasteiger charge is -2.29. The minimum Gasteiger partial charge on any atom is -0.439 e. The van der Waals surface area contributed by atoms with Crippen molar-refractivity contribution in [3.8, 4) is 0 Å². The van der Waals surface area contributed by atoms with Crippen molar-refractivity contribution < 1.29 is 46.8 Å². The molecule has 0 aliphatic carbocycles. The van der Waals surface area contributed by atoms with E-state index in [0.717, 1.165) is 20.1 Å². The van der Waals surface area contributed by atoms with E-state index in [1.807, 2.05) is 26.1 Å². The van der Waals surface area contributed by atoms with Gasteiger partial charge in [-0.2, -0.15) is 13.2 Å². The molecule has 2 rings (SSSR count). The van der Waals surface area contributed by atoms with Gasteiger partial charge in [-0.15, -0.1) is 0 Å². The van der Waals surface area contributed by atoms with E-state index in [1.54, 1.807) is 0 Å².